The Morgan fingerprint density at radius 2 is 1.92 bits per heavy atom. The number of rotatable bonds is 4. The van der Waals surface area contributed by atoms with Crippen molar-refractivity contribution in [1.29, 1.82) is 0 Å². The summed E-state index contributed by atoms with van der Waals surface area (Å²) >= 11 is 12.8. The molecule has 0 saturated carbocycles. The average molecular weight is 397 g/mol. The third-order valence-electron chi connectivity index (χ3n) is 3.47. The number of halogens is 2. The molecule has 0 unspecified atom stereocenters. The molecule has 3 rings (SSSR count). The van der Waals surface area contributed by atoms with Gasteiger partial charge in [-0.25, -0.2) is 14.7 Å². The molecular formula is C16H10Cl2N2O4S. The summed E-state index contributed by atoms with van der Waals surface area (Å²) in [5, 5.41) is 9.23. The molecule has 0 aliphatic carbocycles. The molecule has 2 amide bonds. The zero-order chi connectivity index (χ0) is 18.1. The molecule has 1 atom stereocenters. The molecule has 128 valence electrons. The third kappa shape index (κ3) is 3.63. The van der Waals surface area contributed by atoms with Crippen molar-refractivity contribution >= 4 is 58.4 Å². The SMILES string of the molecule is O=C(O)c1cccnc1S[C@H]1CC(=O)N(c2cc(Cl)cc(Cl)c2)C1=O. The number of hydrogen-bond acceptors (Lipinski definition) is 5. The maximum absolute atomic E-state index is 12.6. The molecule has 2 aromatic rings. The van der Waals surface area contributed by atoms with Gasteiger partial charge in [0.25, 0.3) is 0 Å². The number of carboxylic acid groups (broad SMARTS) is 1. The van der Waals surface area contributed by atoms with Gasteiger partial charge in [0.1, 0.15) is 5.03 Å². The largest absolute Gasteiger partial charge is 0.478 e. The number of anilines is 1. The van der Waals surface area contributed by atoms with E-state index in [1.54, 1.807) is 0 Å². The van der Waals surface area contributed by atoms with Gasteiger partial charge in [-0.1, -0.05) is 35.0 Å². The number of aromatic carboxylic acids is 1. The molecule has 1 aliphatic heterocycles. The van der Waals surface area contributed by atoms with Crippen molar-refractivity contribution in [1.82, 2.24) is 4.98 Å². The van der Waals surface area contributed by atoms with Crippen LogP contribution in [0.5, 0.6) is 0 Å². The van der Waals surface area contributed by atoms with Crippen LogP contribution in [0.15, 0.2) is 41.6 Å². The van der Waals surface area contributed by atoms with Crippen molar-refractivity contribution in [2.24, 2.45) is 0 Å². The minimum Gasteiger partial charge on any atom is -0.478 e. The summed E-state index contributed by atoms with van der Waals surface area (Å²) in [5.41, 5.74) is 0.270. The fourth-order valence-electron chi connectivity index (χ4n) is 2.42. The van der Waals surface area contributed by atoms with Gasteiger partial charge in [0.05, 0.1) is 16.5 Å². The lowest BCUT2D eigenvalue weighted by molar-refractivity contribution is -0.121. The first-order valence-electron chi connectivity index (χ1n) is 7.04. The number of benzene rings is 1. The second kappa shape index (κ2) is 7.03. The van der Waals surface area contributed by atoms with Gasteiger partial charge in [0.15, 0.2) is 0 Å². The van der Waals surface area contributed by atoms with Crippen LogP contribution in [-0.4, -0.2) is 33.1 Å². The fraction of sp³-hybridized carbons (Fsp3) is 0.125. The molecule has 6 nitrogen and oxygen atoms in total. The van der Waals surface area contributed by atoms with Gasteiger partial charge in [-0.2, -0.15) is 0 Å². The van der Waals surface area contributed by atoms with Gasteiger partial charge in [0, 0.05) is 22.7 Å². The molecule has 9 heteroatoms. The normalized spacial score (nSPS) is 17.2. The topological polar surface area (TPSA) is 87.6 Å². The van der Waals surface area contributed by atoms with E-state index in [-0.39, 0.29) is 22.7 Å². The van der Waals surface area contributed by atoms with E-state index in [0.29, 0.717) is 10.0 Å². The first kappa shape index (κ1) is 17.7. The number of imide groups is 1. The number of hydrogen-bond donors (Lipinski definition) is 1. The van der Waals surface area contributed by atoms with Crippen LogP contribution < -0.4 is 4.90 Å². The Labute approximate surface area is 156 Å². The zero-order valence-electron chi connectivity index (χ0n) is 12.5. The molecule has 0 radical (unpaired) electrons. The highest BCUT2D eigenvalue weighted by atomic mass is 35.5. The lowest BCUT2D eigenvalue weighted by Crippen LogP contribution is -2.31. The van der Waals surface area contributed by atoms with E-state index in [9.17, 15) is 19.5 Å². The Bertz CT molecular complexity index is 870. The van der Waals surface area contributed by atoms with E-state index in [2.05, 4.69) is 4.98 Å². The Balaban J connectivity index is 1.88. The molecule has 1 N–H and O–H groups in total. The zero-order valence-corrected chi connectivity index (χ0v) is 14.8. The third-order valence-corrected chi connectivity index (χ3v) is 5.10. The van der Waals surface area contributed by atoms with Gasteiger partial charge >= 0.3 is 5.97 Å². The van der Waals surface area contributed by atoms with Crippen LogP contribution in [0.4, 0.5) is 5.69 Å². The van der Waals surface area contributed by atoms with Gasteiger partial charge < -0.3 is 5.11 Å². The maximum atomic E-state index is 12.6. The average Bonchev–Trinajstić information content (AvgIpc) is 2.80. The molecular weight excluding hydrogens is 387 g/mol. The van der Waals surface area contributed by atoms with Crippen LogP contribution in [0.1, 0.15) is 16.8 Å². The first-order valence-corrected chi connectivity index (χ1v) is 8.68. The predicted octanol–water partition coefficient (Wildman–Crippen LogP) is 3.51. The minimum absolute atomic E-state index is 0.0167. The second-order valence-electron chi connectivity index (χ2n) is 5.17. The van der Waals surface area contributed by atoms with Crippen LogP contribution in [0.2, 0.25) is 10.0 Å². The van der Waals surface area contributed by atoms with Crippen molar-refractivity contribution in [3.8, 4) is 0 Å². The van der Waals surface area contributed by atoms with Gasteiger partial charge in [0.2, 0.25) is 11.8 Å². The molecule has 25 heavy (non-hydrogen) atoms. The Hall–Kier alpha value is -2.09. The summed E-state index contributed by atoms with van der Waals surface area (Å²) in [6.07, 6.45) is 1.37. The van der Waals surface area contributed by atoms with E-state index in [4.69, 9.17) is 23.2 Å². The van der Waals surface area contributed by atoms with Crippen molar-refractivity contribution < 1.29 is 19.5 Å². The smallest absolute Gasteiger partial charge is 0.338 e. The molecule has 1 aliphatic rings. The summed E-state index contributed by atoms with van der Waals surface area (Å²) in [6.45, 7) is 0. The Morgan fingerprint density at radius 1 is 1.24 bits per heavy atom. The van der Waals surface area contributed by atoms with E-state index in [0.717, 1.165) is 16.7 Å². The fourth-order valence-corrected chi connectivity index (χ4v) is 4.04. The number of pyridine rings is 1. The lowest BCUT2D eigenvalue weighted by atomic mass is 10.3. The number of carboxylic acids is 1. The van der Waals surface area contributed by atoms with Crippen LogP contribution in [0.3, 0.4) is 0 Å². The number of carbonyl (C=O) groups excluding carboxylic acids is 2. The molecule has 1 aromatic carbocycles. The van der Waals surface area contributed by atoms with E-state index < -0.39 is 23.0 Å². The van der Waals surface area contributed by atoms with Crippen LogP contribution in [0.25, 0.3) is 0 Å². The molecule has 0 bridgehead atoms. The second-order valence-corrected chi connectivity index (χ2v) is 7.23. The van der Waals surface area contributed by atoms with Crippen molar-refractivity contribution in [3.05, 3.63) is 52.1 Å². The Morgan fingerprint density at radius 3 is 2.56 bits per heavy atom. The summed E-state index contributed by atoms with van der Waals surface area (Å²) in [6, 6.07) is 7.33. The quantitative estimate of drug-likeness (QED) is 0.795. The van der Waals surface area contributed by atoms with E-state index in [1.807, 2.05) is 0 Å². The van der Waals surface area contributed by atoms with Crippen molar-refractivity contribution in [2.75, 3.05) is 4.90 Å². The first-order chi connectivity index (χ1) is 11.9. The van der Waals surface area contributed by atoms with Gasteiger partial charge in [-0.3, -0.25) is 9.59 Å². The van der Waals surface area contributed by atoms with Crippen molar-refractivity contribution in [3.63, 3.8) is 0 Å². The van der Waals surface area contributed by atoms with Crippen LogP contribution in [-0.2, 0) is 9.59 Å². The van der Waals surface area contributed by atoms with Crippen molar-refractivity contribution in [2.45, 2.75) is 16.7 Å². The summed E-state index contributed by atoms with van der Waals surface area (Å²) in [4.78, 5) is 41.2. The highest BCUT2D eigenvalue weighted by Gasteiger charge is 2.41. The maximum Gasteiger partial charge on any atom is 0.338 e. The monoisotopic (exact) mass is 396 g/mol. The Kier molecular flexibility index (Phi) is 4.99. The molecule has 1 fully saturated rings. The highest BCUT2D eigenvalue weighted by Crippen LogP contribution is 2.36. The number of nitrogens with zero attached hydrogens (tertiary/aromatic N) is 2. The molecule has 1 aromatic heterocycles. The molecule has 1 saturated heterocycles. The van der Waals surface area contributed by atoms with Gasteiger partial charge in [-0.05, 0) is 30.3 Å². The highest BCUT2D eigenvalue weighted by molar-refractivity contribution is 8.00. The number of amides is 2. The molecule has 2 heterocycles. The molecule has 0 spiro atoms. The van der Waals surface area contributed by atoms with Gasteiger partial charge in [-0.15, -0.1) is 0 Å². The minimum atomic E-state index is -1.15. The lowest BCUT2D eigenvalue weighted by Gasteiger charge is -2.15. The van der Waals surface area contributed by atoms with E-state index in [1.165, 1.54) is 36.5 Å². The number of aromatic nitrogens is 1. The number of thioether (sulfide) groups is 1. The summed E-state index contributed by atoms with van der Waals surface area (Å²) < 4.78 is 0. The predicted molar refractivity (Wildman–Crippen MR) is 94.4 cm³/mol. The van der Waals surface area contributed by atoms with Crippen LogP contribution in [0, 0.1) is 0 Å². The van der Waals surface area contributed by atoms with E-state index >= 15 is 0 Å². The summed E-state index contributed by atoms with van der Waals surface area (Å²) in [5.74, 6) is -2.02. The summed E-state index contributed by atoms with van der Waals surface area (Å²) in [7, 11) is 0. The standard InChI is InChI=1S/C16H10Cl2N2O4S/c17-8-4-9(18)6-10(5-8)20-13(21)7-12(15(20)22)25-14-11(16(23)24)2-1-3-19-14/h1-6,12H,7H2,(H,23,24)/t12-/m0/s1. The van der Waals surface area contributed by atoms with Crippen LogP contribution >= 0.6 is 35.0 Å². The number of carbonyl (C=O) groups is 3.